The lowest BCUT2D eigenvalue weighted by atomic mass is 10.1. The summed E-state index contributed by atoms with van der Waals surface area (Å²) >= 11 is 0. The van der Waals surface area contributed by atoms with Gasteiger partial charge in [-0.3, -0.25) is 0 Å². The first-order chi connectivity index (χ1) is 12.2. The van der Waals surface area contributed by atoms with Crippen LogP contribution in [0.3, 0.4) is 0 Å². The lowest BCUT2D eigenvalue weighted by Gasteiger charge is -2.33. The lowest BCUT2D eigenvalue weighted by Crippen LogP contribution is -3.00. The van der Waals surface area contributed by atoms with E-state index in [0.717, 1.165) is 35.2 Å². The minimum atomic E-state index is 0. The second-order valence-corrected chi connectivity index (χ2v) is 7.84. The number of halogens is 1. The van der Waals surface area contributed by atoms with Crippen LogP contribution in [-0.4, -0.2) is 54.3 Å². The van der Waals surface area contributed by atoms with Crippen molar-refractivity contribution in [2.75, 3.05) is 39.1 Å². The zero-order valence-electron chi connectivity index (χ0n) is 17.6. The third kappa shape index (κ3) is 6.43. The van der Waals surface area contributed by atoms with E-state index in [1.807, 2.05) is 23.9 Å². The Morgan fingerprint density at radius 2 is 1.93 bits per heavy atom. The minimum absolute atomic E-state index is 0. The van der Waals surface area contributed by atoms with Gasteiger partial charge in [0.05, 0.1) is 32.9 Å². The smallest absolute Gasteiger partial charge is 0.249 e. The van der Waals surface area contributed by atoms with Gasteiger partial charge in [0.2, 0.25) is 5.95 Å². The summed E-state index contributed by atoms with van der Waals surface area (Å²) < 4.78 is 2.84. The van der Waals surface area contributed by atoms with Gasteiger partial charge in [0, 0.05) is 44.6 Å². The molecule has 0 saturated heterocycles. The molecule has 0 radical (unpaired) electrons. The predicted molar refractivity (Wildman–Crippen MR) is 109 cm³/mol. The zero-order chi connectivity index (χ0) is 19.3. The van der Waals surface area contributed by atoms with Gasteiger partial charge in [0.25, 0.3) is 0 Å². The first kappa shape index (κ1) is 23.3. The molecule has 0 spiro atoms. The van der Waals surface area contributed by atoms with Crippen LogP contribution in [0.1, 0.15) is 25.8 Å². The molecule has 0 bridgehead atoms. The van der Waals surface area contributed by atoms with E-state index in [1.165, 1.54) is 5.69 Å². The largest absolute Gasteiger partial charge is 1.00 e. The van der Waals surface area contributed by atoms with E-state index < -0.39 is 0 Å². The lowest BCUT2D eigenvalue weighted by molar-refractivity contribution is -0.894. The van der Waals surface area contributed by atoms with Gasteiger partial charge in [-0.25, -0.2) is 4.98 Å². The summed E-state index contributed by atoms with van der Waals surface area (Å²) in [5.41, 5.74) is 3.25. The quantitative estimate of drug-likeness (QED) is 0.464. The molecule has 0 N–H and O–H groups in total. The highest BCUT2D eigenvalue weighted by Gasteiger charge is 2.19. The maximum atomic E-state index is 4.36. The summed E-state index contributed by atoms with van der Waals surface area (Å²) in [6.45, 7) is 8.66. The maximum Gasteiger partial charge on any atom is 0.249 e. The monoisotopic (exact) mass is 436 g/mol. The number of benzene rings is 1. The molecule has 1 aromatic carbocycles. The molecular weight excluding hydrogens is 404 g/mol. The number of quaternary nitrogens is 1. The van der Waals surface area contributed by atoms with Gasteiger partial charge in [-0.2, -0.15) is 0 Å². The van der Waals surface area contributed by atoms with E-state index in [1.54, 1.807) is 6.20 Å². The number of anilines is 1. The van der Waals surface area contributed by atoms with Crippen LogP contribution in [0.5, 0.6) is 0 Å². The second kappa shape index (κ2) is 9.99. The van der Waals surface area contributed by atoms with Crippen molar-refractivity contribution in [2.45, 2.75) is 33.2 Å². The summed E-state index contributed by atoms with van der Waals surface area (Å²) in [6.07, 6.45) is 4.75. The minimum Gasteiger partial charge on any atom is -1.00 e. The fourth-order valence-electron chi connectivity index (χ4n) is 2.70. The van der Waals surface area contributed by atoms with Crippen molar-refractivity contribution in [3.8, 4) is 0 Å². The number of hydrogen-bond donors (Lipinski definition) is 0. The Hall–Kier alpha value is -1.73. The summed E-state index contributed by atoms with van der Waals surface area (Å²) in [5.74, 6) is 0.609. The molecule has 6 nitrogen and oxygen atoms in total. The molecule has 150 valence electrons. The molecular formula is C20H33BrN6. The molecule has 0 aliphatic rings. The summed E-state index contributed by atoms with van der Waals surface area (Å²) in [7, 11) is 8.68. The molecule has 1 aromatic heterocycles. The molecule has 0 saturated carbocycles. The van der Waals surface area contributed by atoms with Gasteiger partial charge in [-0.05, 0) is 44.5 Å². The van der Waals surface area contributed by atoms with Gasteiger partial charge < -0.3 is 30.9 Å². The molecule has 2 rings (SSSR count). The number of aryl methyl sites for hydroxylation is 2. The van der Waals surface area contributed by atoms with Crippen LogP contribution in [-0.2, 0) is 7.05 Å². The van der Waals surface area contributed by atoms with Gasteiger partial charge in [-0.15, -0.1) is 10.2 Å². The van der Waals surface area contributed by atoms with Gasteiger partial charge >= 0.3 is 0 Å². The van der Waals surface area contributed by atoms with Crippen molar-refractivity contribution in [1.29, 1.82) is 0 Å². The maximum absolute atomic E-state index is 4.36. The molecule has 27 heavy (non-hydrogen) atoms. The topological polar surface area (TPSA) is 45.8 Å². The van der Waals surface area contributed by atoms with E-state index in [2.05, 4.69) is 74.2 Å². The SMILES string of the molecule is CCN(CCC(C)[N+](C)(C)C)c1ccc(/N=N/c2nccn2C)c(C)c1.[Br-]. The molecule has 0 amide bonds. The van der Waals surface area contributed by atoms with E-state index in [9.17, 15) is 0 Å². The Kier molecular flexibility index (Phi) is 8.62. The zero-order valence-corrected chi connectivity index (χ0v) is 19.2. The summed E-state index contributed by atoms with van der Waals surface area (Å²) in [6, 6.07) is 7.01. The van der Waals surface area contributed by atoms with Crippen LogP contribution in [0.15, 0.2) is 40.8 Å². The highest BCUT2D eigenvalue weighted by Crippen LogP contribution is 2.26. The van der Waals surface area contributed by atoms with Gasteiger partial charge in [0.15, 0.2) is 0 Å². The van der Waals surface area contributed by atoms with Crippen LogP contribution in [0.2, 0.25) is 0 Å². The van der Waals surface area contributed by atoms with E-state index in [0.29, 0.717) is 12.0 Å². The molecule has 1 unspecified atom stereocenters. The average Bonchev–Trinajstić information content (AvgIpc) is 2.98. The third-order valence-corrected chi connectivity index (χ3v) is 5.11. The first-order valence-electron chi connectivity index (χ1n) is 9.28. The summed E-state index contributed by atoms with van der Waals surface area (Å²) in [5, 5.41) is 8.60. The van der Waals surface area contributed by atoms with Crippen molar-refractivity contribution in [3.05, 3.63) is 36.2 Å². The Labute approximate surface area is 174 Å². The molecule has 1 heterocycles. The Balaban J connectivity index is 0.00000364. The molecule has 7 heteroatoms. The number of aromatic nitrogens is 2. The molecule has 1 atom stereocenters. The number of hydrogen-bond acceptors (Lipinski definition) is 4. The number of nitrogens with zero attached hydrogens (tertiary/aromatic N) is 6. The summed E-state index contributed by atoms with van der Waals surface area (Å²) in [4.78, 5) is 6.60. The highest BCUT2D eigenvalue weighted by molar-refractivity contribution is 5.57. The van der Waals surface area contributed by atoms with Crippen LogP contribution >= 0.6 is 0 Å². The fourth-order valence-corrected chi connectivity index (χ4v) is 2.70. The first-order valence-corrected chi connectivity index (χ1v) is 9.28. The molecule has 2 aromatic rings. The van der Waals surface area contributed by atoms with Crippen LogP contribution in [0.4, 0.5) is 17.3 Å². The van der Waals surface area contributed by atoms with Gasteiger partial charge in [-0.1, -0.05) is 0 Å². The van der Waals surface area contributed by atoms with E-state index >= 15 is 0 Å². The third-order valence-electron chi connectivity index (χ3n) is 5.11. The predicted octanol–water partition coefficient (Wildman–Crippen LogP) is 1.46. The van der Waals surface area contributed by atoms with Crippen molar-refractivity contribution in [2.24, 2.45) is 17.3 Å². The van der Waals surface area contributed by atoms with Crippen molar-refractivity contribution >= 4 is 17.3 Å². The standard InChI is InChI=1S/C20H33N6.BrH/c1-8-25(13-11-17(3)26(5,6)7)18-9-10-19(16(2)15-18)22-23-20-21-12-14-24(20)4;/h9-10,12,14-15,17H,8,11,13H2,1-7H3;1H/q+1;/p-1/b23-22+;. The Morgan fingerprint density at radius 3 is 2.44 bits per heavy atom. The van der Waals surface area contributed by atoms with Crippen molar-refractivity contribution in [1.82, 2.24) is 9.55 Å². The number of azo groups is 1. The molecule has 0 aliphatic heterocycles. The number of imidazole rings is 1. The highest BCUT2D eigenvalue weighted by atomic mass is 79.9. The van der Waals surface area contributed by atoms with E-state index in [4.69, 9.17) is 0 Å². The molecule has 0 aliphatic carbocycles. The van der Waals surface area contributed by atoms with Crippen molar-refractivity contribution < 1.29 is 21.5 Å². The van der Waals surface area contributed by atoms with Crippen molar-refractivity contribution in [3.63, 3.8) is 0 Å². The Bertz CT molecular complexity index is 747. The van der Waals surface area contributed by atoms with Crippen LogP contribution in [0.25, 0.3) is 0 Å². The average molecular weight is 437 g/mol. The normalized spacial score (nSPS) is 12.9. The second-order valence-electron chi connectivity index (χ2n) is 7.84. The number of rotatable bonds is 8. The molecule has 0 fully saturated rings. The van der Waals surface area contributed by atoms with Gasteiger partial charge in [0.1, 0.15) is 0 Å². The Morgan fingerprint density at radius 1 is 1.22 bits per heavy atom. The fraction of sp³-hybridized carbons (Fsp3) is 0.550. The van der Waals surface area contributed by atoms with Crippen LogP contribution < -0.4 is 21.9 Å². The van der Waals surface area contributed by atoms with Crippen LogP contribution in [0, 0.1) is 6.92 Å². The van der Waals surface area contributed by atoms with E-state index in [-0.39, 0.29) is 17.0 Å².